The van der Waals surface area contributed by atoms with Gasteiger partial charge in [0.25, 0.3) is 0 Å². The number of nitrogens with one attached hydrogen (secondary N) is 1. The van der Waals surface area contributed by atoms with Crippen LogP contribution in [0.4, 0.5) is 5.69 Å². The Kier molecular flexibility index (Phi) is 11.0. The van der Waals surface area contributed by atoms with Gasteiger partial charge in [0.2, 0.25) is 21.8 Å². The number of sulfonamides is 1. The Morgan fingerprint density at radius 2 is 1.67 bits per heavy atom. The van der Waals surface area contributed by atoms with Crippen LogP contribution in [0.1, 0.15) is 55.2 Å². The molecule has 0 heterocycles. The van der Waals surface area contributed by atoms with Gasteiger partial charge in [-0.25, -0.2) is 8.42 Å². The van der Waals surface area contributed by atoms with E-state index in [2.05, 4.69) is 5.32 Å². The highest BCUT2D eigenvalue weighted by Gasteiger charge is 2.32. The minimum absolute atomic E-state index is 0.0838. The van der Waals surface area contributed by atoms with Gasteiger partial charge in [-0.05, 0) is 61.1 Å². The van der Waals surface area contributed by atoms with E-state index in [4.69, 9.17) is 11.6 Å². The zero-order valence-corrected chi connectivity index (χ0v) is 25.9. The molecule has 0 spiro atoms. The van der Waals surface area contributed by atoms with Crippen LogP contribution < -0.4 is 9.62 Å². The fourth-order valence-electron chi connectivity index (χ4n) is 5.53. The van der Waals surface area contributed by atoms with E-state index in [0.717, 1.165) is 48.6 Å². The second-order valence-corrected chi connectivity index (χ2v) is 13.4. The predicted octanol–water partition coefficient (Wildman–Crippen LogP) is 5.89. The second-order valence-electron chi connectivity index (χ2n) is 11.1. The first-order chi connectivity index (χ1) is 20.1. The van der Waals surface area contributed by atoms with Gasteiger partial charge in [0, 0.05) is 37.0 Å². The third-order valence-electron chi connectivity index (χ3n) is 7.82. The molecule has 7 nitrogen and oxygen atoms in total. The Balaban J connectivity index is 1.59. The highest BCUT2D eigenvalue weighted by Crippen LogP contribution is 2.24. The van der Waals surface area contributed by atoms with E-state index in [1.165, 1.54) is 4.31 Å². The molecule has 42 heavy (non-hydrogen) atoms. The Hall–Kier alpha value is -3.36. The van der Waals surface area contributed by atoms with Gasteiger partial charge in [-0.15, -0.1) is 0 Å². The van der Waals surface area contributed by atoms with Crippen molar-refractivity contribution in [3.05, 3.63) is 101 Å². The smallest absolute Gasteiger partial charge is 0.243 e. The van der Waals surface area contributed by atoms with Crippen molar-refractivity contribution in [1.82, 2.24) is 10.2 Å². The zero-order valence-electron chi connectivity index (χ0n) is 24.3. The largest absolute Gasteiger partial charge is 0.352 e. The number of rotatable bonds is 13. The highest BCUT2D eigenvalue weighted by molar-refractivity contribution is 7.92. The summed E-state index contributed by atoms with van der Waals surface area (Å²) in [4.78, 5) is 29.5. The average molecular weight is 610 g/mol. The van der Waals surface area contributed by atoms with Gasteiger partial charge >= 0.3 is 0 Å². The summed E-state index contributed by atoms with van der Waals surface area (Å²) in [7, 11) is -3.61. The first-order valence-corrected chi connectivity index (χ1v) is 16.8. The third kappa shape index (κ3) is 8.82. The Bertz CT molecular complexity index is 1460. The summed E-state index contributed by atoms with van der Waals surface area (Å²) >= 11 is 6.13. The second kappa shape index (κ2) is 14.7. The van der Waals surface area contributed by atoms with Crippen LogP contribution in [0.3, 0.4) is 0 Å². The van der Waals surface area contributed by atoms with E-state index in [1.807, 2.05) is 61.5 Å². The summed E-state index contributed by atoms with van der Waals surface area (Å²) in [6, 6.07) is 23.7. The number of benzene rings is 3. The molecule has 0 bridgehead atoms. The number of carbonyl (C=O) groups is 2. The molecule has 224 valence electrons. The van der Waals surface area contributed by atoms with Gasteiger partial charge in [0.05, 0.1) is 11.9 Å². The first-order valence-electron chi connectivity index (χ1n) is 14.5. The normalized spacial score (nSPS) is 14.4. The van der Waals surface area contributed by atoms with Crippen molar-refractivity contribution >= 4 is 39.1 Å². The SMILES string of the molecule is Cc1ccccc1CN(C(=O)CCCN(c1cccc(Cl)c1)S(C)(=O)=O)C(Cc1ccccc1)C(=O)NC1CCCC1. The molecule has 4 rings (SSSR count). The van der Waals surface area contributed by atoms with E-state index >= 15 is 0 Å². The fraction of sp³-hybridized carbons (Fsp3) is 0.394. The number of hydrogen-bond donors (Lipinski definition) is 1. The summed E-state index contributed by atoms with van der Waals surface area (Å²) in [5.41, 5.74) is 3.42. The maximum atomic E-state index is 14.0. The van der Waals surface area contributed by atoms with Crippen LogP contribution >= 0.6 is 11.6 Å². The number of hydrogen-bond acceptors (Lipinski definition) is 4. The molecule has 0 aromatic heterocycles. The van der Waals surface area contributed by atoms with E-state index in [-0.39, 0.29) is 43.8 Å². The quantitative estimate of drug-likeness (QED) is 0.262. The molecule has 1 atom stereocenters. The van der Waals surface area contributed by atoms with Crippen molar-refractivity contribution < 1.29 is 18.0 Å². The molecule has 0 aliphatic heterocycles. The van der Waals surface area contributed by atoms with Crippen LogP contribution in [0.2, 0.25) is 5.02 Å². The number of halogens is 1. The first kappa shape index (κ1) is 31.6. The van der Waals surface area contributed by atoms with Crippen molar-refractivity contribution in [2.45, 2.75) is 70.5 Å². The summed E-state index contributed by atoms with van der Waals surface area (Å²) in [5.74, 6) is -0.343. The van der Waals surface area contributed by atoms with Crippen molar-refractivity contribution in [1.29, 1.82) is 0 Å². The van der Waals surface area contributed by atoms with Crippen LogP contribution in [0.15, 0.2) is 78.9 Å². The monoisotopic (exact) mass is 609 g/mol. The summed E-state index contributed by atoms with van der Waals surface area (Å²) in [5, 5.41) is 3.65. The van der Waals surface area contributed by atoms with Crippen LogP contribution in [0.25, 0.3) is 0 Å². The lowest BCUT2D eigenvalue weighted by Crippen LogP contribution is -2.52. The van der Waals surface area contributed by atoms with E-state index in [1.54, 1.807) is 29.2 Å². The van der Waals surface area contributed by atoms with E-state index in [9.17, 15) is 18.0 Å². The molecule has 0 radical (unpaired) electrons. The van der Waals surface area contributed by atoms with Gasteiger partial charge in [0.15, 0.2) is 0 Å². The number of anilines is 1. The van der Waals surface area contributed by atoms with Crippen molar-refractivity contribution in [2.75, 3.05) is 17.1 Å². The Morgan fingerprint density at radius 3 is 2.33 bits per heavy atom. The topological polar surface area (TPSA) is 86.8 Å². The third-order valence-corrected chi connectivity index (χ3v) is 9.25. The number of nitrogens with zero attached hydrogens (tertiary/aromatic N) is 2. The van der Waals surface area contributed by atoms with Crippen molar-refractivity contribution in [3.8, 4) is 0 Å². The average Bonchev–Trinajstić information content (AvgIpc) is 3.46. The molecule has 0 saturated heterocycles. The van der Waals surface area contributed by atoms with E-state index in [0.29, 0.717) is 17.1 Å². The van der Waals surface area contributed by atoms with Crippen LogP contribution in [-0.4, -0.2) is 50.0 Å². The molecule has 3 aromatic rings. The van der Waals surface area contributed by atoms with Gasteiger partial charge in [-0.3, -0.25) is 13.9 Å². The lowest BCUT2D eigenvalue weighted by atomic mass is 10.0. The number of carbonyl (C=O) groups excluding carboxylic acids is 2. The zero-order chi connectivity index (χ0) is 30.1. The van der Waals surface area contributed by atoms with Gasteiger partial charge in [-0.1, -0.05) is 85.1 Å². The molecule has 3 aromatic carbocycles. The van der Waals surface area contributed by atoms with Gasteiger partial charge in [-0.2, -0.15) is 0 Å². The minimum atomic E-state index is -3.61. The number of aryl methyl sites for hydroxylation is 1. The van der Waals surface area contributed by atoms with E-state index < -0.39 is 16.1 Å². The number of amides is 2. The van der Waals surface area contributed by atoms with Crippen LogP contribution in [0, 0.1) is 6.92 Å². The van der Waals surface area contributed by atoms with Gasteiger partial charge < -0.3 is 10.2 Å². The molecule has 1 unspecified atom stereocenters. The summed E-state index contributed by atoms with van der Waals surface area (Å²) in [6.07, 6.45) is 5.96. The molecule has 9 heteroatoms. The maximum Gasteiger partial charge on any atom is 0.243 e. The van der Waals surface area contributed by atoms with Crippen LogP contribution in [-0.2, 0) is 32.6 Å². The van der Waals surface area contributed by atoms with Crippen molar-refractivity contribution in [3.63, 3.8) is 0 Å². The predicted molar refractivity (Wildman–Crippen MR) is 169 cm³/mol. The molecule has 1 saturated carbocycles. The molecule has 2 amide bonds. The Morgan fingerprint density at radius 1 is 0.976 bits per heavy atom. The van der Waals surface area contributed by atoms with Crippen LogP contribution in [0.5, 0.6) is 0 Å². The molecule has 1 fully saturated rings. The maximum absolute atomic E-state index is 14.0. The molecular formula is C33H40ClN3O4S. The molecule has 1 N–H and O–H groups in total. The lowest BCUT2D eigenvalue weighted by molar-refractivity contribution is -0.141. The summed E-state index contributed by atoms with van der Waals surface area (Å²) < 4.78 is 26.5. The minimum Gasteiger partial charge on any atom is -0.352 e. The highest BCUT2D eigenvalue weighted by atomic mass is 35.5. The lowest BCUT2D eigenvalue weighted by Gasteiger charge is -2.33. The molecular weight excluding hydrogens is 570 g/mol. The summed E-state index contributed by atoms with van der Waals surface area (Å²) in [6.45, 7) is 2.39. The molecule has 1 aliphatic carbocycles. The van der Waals surface area contributed by atoms with Gasteiger partial charge in [0.1, 0.15) is 6.04 Å². The fourth-order valence-corrected chi connectivity index (χ4v) is 6.67. The molecule has 1 aliphatic rings. The Labute approximate surface area is 254 Å². The van der Waals surface area contributed by atoms with Crippen molar-refractivity contribution in [2.24, 2.45) is 0 Å². The standard InChI is InChI=1S/C33H40ClN3O4S/c1-25-12-6-7-15-27(25)24-36(31(22-26-13-4-3-5-14-26)33(39)35-29-17-8-9-18-29)32(38)20-11-21-37(42(2,40)41)30-19-10-16-28(34)23-30/h3-7,10,12-16,19,23,29,31H,8-9,11,17-18,20-22,24H2,1-2H3,(H,35,39).